The van der Waals surface area contributed by atoms with E-state index >= 15 is 0 Å². The van der Waals surface area contributed by atoms with Gasteiger partial charge in [-0.3, -0.25) is 0 Å². The average Bonchev–Trinajstić information content (AvgIpc) is 2.33. The molecule has 1 fully saturated rings. The maximum Gasteiger partial charge on any atom is 0.185 e. The number of benzene rings is 1. The molecule has 2 nitrogen and oxygen atoms in total. The summed E-state index contributed by atoms with van der Waals surface area (Å²) in [7, 11) is 0. The van der Waals surface area contributed by atoms with Gasteiger partial charge in [0.05, 0.1) is 0 Å². The third-order valence-electron chi connectivity index (χ3n) is 2.68. The van der Waals surface area contributed by atoms with Gasteiger partial charge in [0.2, 0.25) is 0 Å². The van der Waals surface area contributed by atoms with E-state index in [1.165, 1.54) is 0 Å². The van der Waals surface area contributed by atoms with Crippen LogP contribution in [0.15, 0.2) is 6.07 Å². The number of hydrogen-bond acceptors (Lipinski definition) is 2. The molecule has 0 aliphatic carbocycles. The second-order valence-electron chi connectivity index (χ2n) is 3.87. The van der Waals surface area contributed by atoms with Crippen molar-refractivity contribution in [2.45, 2.75) is 18.9 Å². The van der Waals surface area contributed by atoms with Crippen LogP contribution < -0.4 is 5.32 Å². The minimum absolute atomic E-state index is 0.194. The van der Waals surface area contributed by atoms with Crippen LogP contribution in [-0.2, 0) is 4.74 Å². The molecule has 17 heavy (non-hydrogen) atoms. The largest absolute Gasteiger partial charge is 0.381 e. The Morgan fingerprint density at radius 3 is 2.06 bits per heavy atom. The van der Waals surface area contributed by atoms with Crippen molar-refractivity contribution in [3.8, 4) is 0 Å². The van der Waals surface area contributed by atoms with Gasteiger partial charge in [0.25, 0.3) is 0 Å². The molecule has 0 radical (unpaired) electrons. The van der Waals surface area contributed by atoms with Crippen LogP contribution in [0.3, 0.4) is 0 Å². The number of halogens is 4. The summed E-state index contributed by atoms with van der Waals surface area (Å²) in [5.41, 5.74) is -0.741. The van der Waals surface area contributed by atoms with E-state index in [1.54, 1.807) is 0 Å². The van der Waals surface area contributed by atoms with Crippen molar-refractivity contribution in [3.05, 3.63) is 29.3 Å². The standard InChI is InChI=1S/C11H11F4NO/c12-7-5-8(13)10(15)11(9(7)14)16-6-1-3-17-4-2-6/h5-6,16H,1-4H2. The lowest BCUT2D eigenvalue weighted by Gasteiger charge is -2.24. The van der Waals surface area contributed by atoms with Gasteiger partial charge in [0.15, 0.2) is 23.3 Å². The van der Waals surface area contributed by atoms with Crippen molar-refractivity contribution in [3.63, 3.8) is 0 Å². The molecule has 0 bridgehead atoms. The summed E-state index contributed by atoms with van der Waals surface area (Å²) in [6.45, 7) is 0.914. The van der Waals surface area contributed by atoms with Gasteiger partial charge in [-0.1, -0.05) is 0 Å². The Bertz CT molecular complexity index is 392. The summed E-state index contributed by atoms with van der Waals surface area (Å²) in [4.78, 5) is 0. The fraction of sp³-hybridized carbons (Fsp3) is 0.455. The van der Waals surface area contributed by atoms with Gasteiger partial charge in [0.1, 0.15) is 5.69 Å². The van der Waals surface area contributed by atoms with E-state index in [1.807, 2.05) is 0 Å². The molecule has 1 aliphatic heterocycles. The molecular formula is C11H11F4NO. The molecule has 0 amide bonds. The summed E-state index contributed by atoms with van der Waals surface area (Å²) in [6.07, 6.45) is 1.08. The van der Waals surface area contributed by atoms with E-state index in [2.05, 4.69) is 5.32 Å². The van der Waals surface area contributed by atoms with E-state index in [9.17, 15) is 17.6 Å². The van der Waals surface area contributed by atoms with Crippen LogP contribution in [0.1, 0.15) is 12.8 Å². The van der Waals surface area contributed by atoms with Gasteiger partial charge in [-0.2, -0.15) is 0 Å². The van der Waals surface area contributed by atoms with E-state index in [4.69, 9.17) is 4.74 Å². The quantitative estimate of drug-likeness (QED) is 0.642. The van der Waals surface area contributed by atoms with E-state index < -0.39 is 29.0 Å². The Labute approximate surface area is 95.6 Å². The normalized spacial score (nSPS) is 17.2. The predicted molar refractivity (Wildman–Crippen MR) is 53.7 cm³/mol. The Morgan fingerprint density at radius 2 is 1.53 bits per heavy atom. The highest BCUT2D eigenvalue weighted by Gasteiger charge is 2.22. The first-order valence-electron chi connectivity index (χ1n) is 5.27. The van der Waals surface area contributed by atoms with Crippen molar-refractivity contribution >= 4 is 5.69 Å². The molecule has 2 rings (SSSR count). The van der Waals surface area contributed by atoms with Crippen LogP contribution in [0.5, 0.6) is 0 Å². The molecule has 1 saturated heterocycles. The molecule has 94 valence electrons. The van der Waals surface area contributed by atoms with Crippen LogP contribution >= 0.6 is 0 Å². The zero-order valence-corrected chi connectivity index (χ0v) is 8.90. The highest BCUT2D eigenvalue weighted by molar-refractivity contribution is 5.48. The number of rotatable bonds is 2. The molecular weight excluding hydrogens is 238 g/mol. The van der Waals surface area contributed by atoms with Crippen molar-refractivity contribution in [2.75, 3.05) is 18.5 Å². The SMILES string of the molecule is Fc1cc(F)c(F)c(NC2CCOCC2)c1F. The third kappa shape index (κ3) is 2.52. The summed E-state index contributed by atoms with van der Waals surface area (Å²) >= 11 is 0. The number of nitrogens with one attached hydrogen (secondary N) is 1. The second-order valence-corrected chi connectivity index (χ2v) is 3.87. The first-order valence-corrected chi connectivity index (χ1v) is 5.27. The van der Waals surface area contributed by atoms with Crippen LogP contribution in [0.4, 0.5) is 23.2 Å². The smallest absolute Gasteiger partial charge is 0.185 e. The molecule has 1 aliphatic rings. The molecule has 0 atom stereocenters. The molecule has 6 heteroatoms. The summed E-state index contributed by atoms with van der Waals surface area (Å²) in [5.74, 6) is -5.59. The summed E-state index contributed by atoms with van der Waals surface area (Å²) < 4.78 is 57.6. The lowest BCUT2D eigenvalue weighted by atomic mass is 10.1. The van der Waals surface area contributed by atoms with Gasteiger partial charge in [-0.15, -0.1) is 0 Å². The summed E-state index contributed by atoms with van der Waals surface area (Å²) in [5, 5.41) is 2.49. The minimum atomic E-state index is -1.40. The van der Waals surface area contributed by atoms with Gasteiger partial charge in [-0.25, -0.2) is 17.6 Å². The van der Waals surface area contributed by atoms with Gasteiger partial charge in [-0.05, 0) is 12.8 Å². The minimum Gasteiger partial charge on any atom is -0.381 e. The van der Waals surface area contributed by atoms with Gasteiger partial charge >= 0.3 is 0 Å². The summed E-state index contributed by atoms with van der Waals surface area (Å²) in [6, 6.07) is -0.0474. The maximum atomic E-state index is 13.3. The Balaban J connectivity index is 2.24. The van der Waals surface area contributed by atoms with Crippen LogP contribution in [0.25, 0.3) is 0 Å². The first kappa shape index (κ1) is 12.2. The topological polar surface area (TPSA) is 21.3 Å². The monoisotopic (exact) mass is 249 g/mol. The van der Waals surface area contributed by atoms with E-state index in [-0.39, 0.29) is 12.1 Å². The average molecular weight is 249 g/mol. The van der Waals surface area contributed by atoms with Crippen LogP contribution in [0.2, 0.25) is 0 Å². The fourth-order valence-electron chi connectivity index (χ4n) is 1.75. The highest BCUT2D eigenvalue weighted by atomic mass is 19.2. The van der Waals surface area contributed by atoms with E-state index in [0.717, 1.165) is 0 Å². The molecule has 0 unspecified atom stereocenters. The third-order valence-corrected chi connectivity index (χ3v) is 2.68. The maximum absolute atomic E-state index is 13.3. The van der Waals surface area contributed by atoms with Crippen molar-refractivity contribution in [2.24, 2.45) is 0 Å². The Hall–Kier alpha value is -1.30. The molecule has 0 aromatic heterocycles. The van der Waals surface area contributed by atoms with Crippen LogP contribution in [-0.4, -0.2) is 19.3 Å². The Kier molecular flexibility index (Phi) is 3.51. The van der Waals surface area contributed by atoms with Crippen molar-refractivity contribution in [1.29, 1.82) is 0 Å². The predicted octanol–water partition coefficient (Wildman–Crippen LogP) is 2.83. The number of hydrogen-bond donors (Lipinski definition) is 1. The van der Waals surface area contributed by atoms with Gasteiger partial charge < -0.3 is 10.1 Å². The van der Waals surface area contributed by atoms with E-state index in [0.29, 0.717) is 26.1 Å². The second kappa shape index (κ2) is 4.91. The van der Waals surface area contributed by atoms with Crippen LogP contribution in [0, 0.1) is 23.3 Å². The molecule has 0 spiro atoms. The van der Waals surface area contributed by atoms with Crippen molar-refractivity contribution < 1.29 is 22.3 Å². The zero-order chi connectivity index (χ0) is 12.4. The molecule has 1 aromatic carbocycles. The fourth-order valence-corrected chi connectivity index (χ4v) is 1.75. The zero-order valence-electron chi connectivity index (χ0n) is 8.90. The van der Waals surface area contributed by atoms with Crippen molar-refractivity contribution in [1.82, 2.24) is 0 Å². The number of anilines is 1. The Morgan fingerprint density at radius 1 is 1.00 bits per heavy atom. The first-order chi connectivity index (χ1) is 8.09. The highest BCUT2D eigenvalue weighted by Crippen LogP contribution is 2.26. The van der Waals surface area contributed by atoms with Gasteiger partial charge in [0, 0.05) is 25.3 Å². The molecule has 1 heterocycles. The molecule has 1 N–H and O–H groups in total. The number of ether oxygens (including phenoxy) is 1. The molecule has 0 saturated carbocycles. The lowest BCUT2D eigenvalue weighted by molar-refractivity contribution is 0.0903. The molecule has 1 aromatic rings. The lowest BCUT2D eigenvalue weighted by Crippen LogP contribution is -2.29.